The Bertz CT molecular complexity index is 1100. The lowest BCUT2D eigenvalue weighted by atomic mass is 10.2. The Morgan fingerprint density at radius 1 is 1.12 bits per heavy atom. The first-order valence-corrected chi connectivity index (χ1v) is 8.76. The zero-order chi connectivity index (χ0) is 17.4. The fraction of sp³-hybridized carbons (Fsp3) is 0.158. The third-order valence-electron chi connectivity index (χ3n) is 4.07. The highest BCUT2D eigenvalue weighted by Crippen LogP contribution is 2.37. The van der Waals surface area contributed by atoms with Crippen molar-refractivity contribution in [2.45, 2.75) is 6.92 Å². The van der Waals surface area contributed by atoms with Crippen LogP contribution in [0.15, 0.2) is 57.7 Å². The molecule has 0 amide bonds. The van der Waals surface area contributed by atoms with Gasteiger partial charge >= 0.3 is 5.63 Å². The molecule has 0 unspecified atom stereocenters. The third kappa shape index (κ3) is 2.74. The van der Waals surface area contributed by atoms with Gasteiger partial charge in [-0.05, 0) is 49.4 Å². The summed E-state index contributed by atoms with van der Waals surface area (Å²) in [5.74, 6) is 0.824. The predicted octanol–water partition coefficient (Wildman–Crippen LogP) is 4.57. The lowest BCUT2D eigenvalue weighted by Crippen LogP contribution is -2.15. The molecule has 2 aromatic heterocycles. The number of methoxy groups -OCH3 is 1. The fourth-order valence-electron chi connectivity index (χ4n) is 2.83. The molecule has 0 atom stereocenters. The number of ether oxygens (including phenoxy) is 1. The van der Waals surface area contributed by atoms with Crippen LogP contribution in [0.5, 0.6) is 5.75 Å². The van der Waals surface area contributed by atoms with Crippen molar-refractivity contribution in [3.8, 4) is 5.75 Å². The van der Waals surface area contributed by atoms with Crippen molar-refractivity contribution < 1.29 is 9.15 Å². The van der Waals surface area contributed by atoms with E-state index in [9.17, 15) is 4.79 Å². The Morgan fingerprint density at radius 3 is 2.64 bits per heavy atom. The molecule has 2 heterocycles. The summed E-state index contributed by atoms with van der Waals surface area (Å²) in [5, 5.41) is 1.81. The summed E-state index contributed by atoms with van der Waals surface area (Å²) in [5.41, 5.74) is 2.19. The third-order valence-corrected chi connectivity index (χ3v) is 5.20. The molecule has 0 aliphatic carbocycles. The van der Waals surface area contributed by atoms with Crippen LogP contribution in [0.4, 0.5) is 10.8 Å². The number of aromatic nitrogens is 1. The molecule has 0 radical (unpaired) electrons. The summed E-state index contributed by atoms with van der Waals surface area (Å²) in [6, 6.07) is 14.9. The Hall–Kier alpha value is -2.86. The molecule has 0 fully saturated rings. The second-order valence-electron chi connectivity index (χ2n) is 5.52. The van der Waals surface area contributed by atoms with E-state index in [4.69, 9.17) is 14.1 Å². The van der Waals surface area contributed by atoms with E-state index < -0.39 is 0 Å². The van der Waals surface area contributed by atoms with E-state index in [2.05, 4.69) is 11.8 Å². The molecule has 25 heavy (non-hydrogen) atoms. The first-order chi connectivity index (χ1) is 12.2. The van der Waals surface area contributed by atoms with Crippen molar-refractivity contribution in [2.75, 3.05) is 18.6 Å². The van der Waals surface area contributed by atoms with Crippen LogP contribution < -0.4 is 15.3 Å². The summed E-state index contributed by atoms with van der Waals surface area (Å²) in [6.45, 7) is 2.88. The number of rotatable bonds is 4. The number of hydrogen-bond donors (Lipinski definition) is 0. The first kappa shape index (κ1) is 15.7. The molecule has 126 valence electrons. The second kappa shape index (κ2) is 6.22. The molecule has 0 aliphatic rings. The minimum atomic E-state index is -0.343. The fourth-order valence-corrected chi connectivity index (χ4v) is 4.00. The Morgan fingerprint density at radius 2 is 1.92 bits per heavy atom. The summed E-state index contributed by atoms with van der Waals surface area (Å²) >= 11 is 1.59. The normalized spacial score (nSPS) is 11.1. The topological polar surface area (TPSA) is 55.6 Å². The van der Waals surface area contributed by atoms with Gasteiger partial charge in [-0.3, -0.25) is 0 Å². The van der Waals surface area contributed by atoms with Crippen molar-refractivity contribution in [2.24, 2.45) is 0 Å². The Kier molecular flexibility index (Phi) is 3.89. The van der Waals surface area contributed by atoms with Gasteiger partial charge in [0.1, 0.15) is 11.3 Å². The molecule has 4 rings (SSSR count). The van der Waals surface area contributed by atoms with E-state index in [1.54, 1.807) is 30.6 Å². The molecular formula is C19H16N2O3S. The van der Waals surface area contributed by atoms with Gasteiger partial charge in [0.2, 0.25) is 0 Å². The number of fused-ring (bicyclic) bond motifs is 3. The van der Waals surface area contributed by atoms with Gasteiger partial charge in [0.05, 0.1) is 17.3 Å². The van der Waals surface area contributed by atoms with Crippen LogP contribution in [0.2, 0.25) is 0 Å². The maximum absolute atomic E-state index is 11.4. The first-order valence-electron chi connectivity index (χ1n) is 7.94. The van der Waals surface area contributed by atoms with Crippen molar-refractivity contribution >= 4 is 43.3 Å². The van der Waals surface area contributed by atoms with Gasteiger partial charge in [-0.1, -0.05) is 11.3 Å². The molecule has 0 spiro atoms. The molecule has 4 aromatic rings. The maximum atomic E-state index is 11.4. The number of hydrogen-bond acceptors (Lipinski definition) is 6. The SMILES string of the molecule is CCN(c1ccc(OC)cc1)c1nc2ccc3oc(=O)ccc3c2s1. The average molecular weight is 352 g/mol. The number of anilines is 2. The van der Waals surface area contributed by atoms with E-state index in [0.29, 0.717) is 5.58 Å². The summed E-state index contributed by atoms with van der Waals surface area (Å²) in [6.07, 6.45) is 0. The number of nitrogens with zero attached hydrogens (tertiary/aromatic N) is 2. The van der Waals surface area contributed by atoms with Crippen LogP contribution in [-0.4, -0.2) is 18.6 Å². The Balaban J connectivity index is 1.83. The minimum absolute atomic E-state index is 0.343. The lowest BCUT2D eigenvalue weighted by molar-refractivity contribution is 0.415. The average Bonchev–Trinajstić information content (AvgIpc) is 3.06. The largest absolute Gasteiger partial charge is 0.497 e. The summed E-state index contributed by atoms with van der Waals surface area (Å²) in [7, 11) is 1.66. The van der Waals surface area contributed by atoms with E-state index in [0.717, 1.165) is 38.7 Å². The Labute approximate surface area is 148 Å². The van der Waals surface area contributed by atoms with Crippen molar-refractivity contribution in [1.29, 1.82) is 0 Å². The van der Waals surface area contributed by atoms with Gasteiger partial charge in [0.15, 0.2) is 5.13 Å². The van der Waals surface area contributed by atoms with E-state index >= 15 is 0 Å². The van der Waals surface area contributed by atoms with Crippen LogP contribution in [0.1, 0.15) is 6.92 Å². The molecule has 0 saturated carbocycles. The molecule has 6 heteroatoms. The highest BCUT2D eigenvalue weighted by Gasteiger charge is 2.15. The zero-order valence-corrected chi connectivity index (χ0v) is 14.7. The van der Waals surface area contributed by atoms with E-state index in [-0.39, 0.29) is 5.63 Å². The van der Waals surface area contributed by atoms with Gasteiger partial charge in [-0.25, -0.2) is 9.78 Å². The van der Waals surface area contributed by atoms with E-state index in [1.165, 1.54) is 6.07 Å². The maximum Gasteiger partial charge on any atom is 0.336 e. The van der Waals surface area contributed by atoms with Gasteiger partial charge in [-0.2, -0.15) is 0 Å². The molecule has 5 nitrogen and oxygen atoms in total. The van der Waals surface area contributed by atoms with Crippen LogP contribution in [0.3, 0.4) is 0 Å². The van der Waals surface area contributed by atoms with Crippen LogP contribution >= 0.6 is 11.3 Å². The van der Waals surface area contributed by atoms with Crippen molar-refractivity contribution in [3.05, 3.63) is 59.0 Å². The summed E-state index contributed by atoms with van der Waals surface area (Å²) in [4.78, 5) is 18.3. The second-order valence-corrected chi connectivity index (χ2v) is 6.50. The summed E-state index contributed by atoms with van der Waals surface area (Å²) < 4.78 is 11.5. The smallest absolute Gasteiger partial charge is 0.336 e. The van der Waals surface area contributed by atoms with Crippen molar-refractivity contribution in [3.63, 3.8) is 0 Å². The van der Waals surface area contributed by atoms with Gasteiger partial charge in [-0.15, -0.1) is 0 Å². The van der Waals surface area contributed by atoms with Crippen LogP contribution in [0.25, 0.3) is 21.2 Å². The molecule has 0 bridgehead atoms. The lowest BCUT2D eigenvalue weighted by Gasteiger charge is -2.19. The zero-order valence-electron chi connectivity index (χ0n) is 13.9. The highest BCUT2D eigenvalue weighted by molar-refractivity contribution is 7.23. The molecule has 0 saturated heterocycles. The van der Waals surface area contributed by atoms with Gasteiger partial charge in [0.25, 0.3) is 0 Å². The van der Waals surface area contributed by atoms with Crippen LogP contribution in [0, 0.1) is 0 Å². The molecule has 0 aliphatic heterocycles. The highest BCUT2D eigenvalue weighted by atomic mass is 32.1. The van der Waals surface area contributed by atoms with Gasteiger partial charge < -0.3 is 14.1 Å². The monoisotopic (exact) mass is 352 g/mol. The molecule has 2 aromatic carbocycles. The standard InChI is InChI=1S/C19H16N2O3S/c1-3-21(12-4-6-13(23-2)7-5-12)19-20-15-9-10-16-14(18(15)25-19)8-11-17(22)24-16/h4-11H,3H2,1-2H3. The van der Waals surface area contributed by atoms with Gasteiger partial charge in [0, 0.05) is 23.7 Å². The predicted molar refractivity (Wildman–Crippen MR) is 101 cm³/mol. The van der Waals surface area contributed by atoms with Crippen LogP contribution in [-0.2, 0) is 0 Å². The minimum Gasteiger partial charge on any atom is -0.497 e. The number of thiazole rings is 1. The quantitative estimate of drug-likeness (QED) is 0.504. The number of benzene rings is 2. The van der Waals surface area contributed by atoms with Crippen molar-refractivity contribution in [1.82, 2.24) is 4.98 Å². The molecule has 0 N–H and O–H groups in total. The van der Waals surface area contributed by atoms with E-state index in [1.807, 2.05) is 30.3 Å². The molecular weight excluding hydrogens is 336 g/mol.